The molecule has 0 amide bonds. The van der Waals surface area contributed by atoms with Crippen molar-refractivity contribution in [1.29, 1.82) is 0 Å². The van der Waals surface area contributed by atoms with Crippen LogP contribution in [0, 0.1) is 0 Å². The first-order valence-corrected chi connectivity index (χ1v) is 6.75. The highest BCUT2D eigenvalue weighted by molar-refractivity contribution is 7.07. The lowest BCUT2D eigenvalue weighted by molar-refractivity contribution is 0.109. The summed E-state index contributed by atoms with van der Waals surface area (Å²) < 4.78 is 0. The topological polar surface area (TPSA) is 29.3 Å². The molecule has 0 saturated carbocycles. The number of thiophene rings is 1. The molecule has 0 spiro atoms. The molecule has 1 fully saturated rings. The van der Waals surface area contributed by atoms with E-state index in [4.69, 9.17) is 5.73 Å². The van der Waals surface area contributed by atoms with E-state index >= 15 is 0 Å². The zero-order chi connectivity index (χ0) is 10.7. The molecule has 1 aliphatic rings. The molecule has 15 heavy (non-hydrogen) atoms. The summed E-state index contributed by atoms with van der Waals surface area (Å²) in [7, 11) is 0. The summed E-state index contributed by atoms with van der Waals surface area (Å²) >= 11 is 1.77. The highest BCUT2D eigenvalue weighted by atomic mass is 32.1. The van der Waals surface area contributed by atoms with E-state index in [-0.39, 0.29) is 0 Å². The van der Waals surface area contributed by atoms with E-state index in [2.05, 4.69) is 28.7 Å². The fourth-order valence-corrected chi connectivity index (χ4v) is 3.22. The van der Waals surface area contributed by atoms with Crippen LogP contribution in [0.4, 0.5) is 0 Å². The van der Waals surface area contributed by atoms with Crippen molar-refractivity contribution in [1.82, 2.24) is 4.90 Å². The maximum atomic E-state index is 5.92. The van der Waals surface area contributed by atoms with Crippen LogP contribution in [0.3, 0.4) is 0 Å². The SMILES string of the molecule is CC1CCCCN1C(CN)c1ccsc1. The minimum Gasteiger partial charge on any atom is -0.329 e. The van der Waals surface area contributed by atoms with Gasteiger partial charge in [0.25, 0.3) is 0 Å². The molecule has 2 unspecified atom stereocenters. The van der Waals surface area contributed by atoms with Crippen molar-refractivity contribution in [2.75, 3.05) is 13.1 Å². The smallest absolute Gasteiger partial charge is 0.0481 e. The molecule has 2 atom stereocenters. The Balaban J connectivity index is 2.11. The van der Waals surface area contributed by atoms with Gasteiger partial charge in [0, 0.05) is 18.6 Å². The van der Waals surface area contributed by atoms with E-state index in [1.165, 1.54) is 31.4 Å². The molecule has 1 saturated heterocycles. The summed E-state index contributed by atoms with van der Waals surface area (Å²) in [5.41, 5.74) is 7.32. The third-order valence-electron chi connectivity index (χ3n) is 3.41. The molecule has 0 aromatic carbocycles. The highest BCUT2D eigenvalue weighted by Crippen LogP contribution is 2.28. The van der Waals surface area contributed by atoms with Crippen molar-refractivity contribution in [2.45, 2.75) is 38.3 Å². The van der Waals surface area contributed by atoms with Gasteiger partial charge in [0.05, 0.1) is 0 Å². The zero-order valence-electron chi connectivity index (χ0n) is 9.36. The summed E-state index contributed by atoms with van der Waals surface area (Å²) in [5.74, 6) is 0. The number of rotatable bonds is 3. The molecule has 1 aliphatic heterocycles. The van der Waals surface area contributed by atoms with Crippen molar-refractivity contribution in [3.05, 3.63) is 22.4 Å². The van der Waals surface area contributed by atoms with E-state index in [0.717, 1.165) is 6.54 Å². The number of hydrogen-bond donors (Lipinski definition) is 1. The molecular formula is C12H20N2S. The van der Waals surface area contributed by atoms with E-state index in [0.29, 0.717) is 12.1 Å². The maximum Gasteiger partial charge on any atom is 0.0481 e. The van der Waals surface area contributed by atoms with Gasteiger partial charge >= 0.3 is 0 Å². The van der Waals surface area contributed by atoms with Gasteiger partial charge in [-0.1, -0.05) is 6.42 Å². The first-order chi connectivity index (χ1) is 7.33. The summed E-state index contributed by atoms with van der Waals surface area (Å²) in [5, 5.41) is 4.38. The van der Waals surface area contributed by atoms with Crippen molar-refractivity contribution < 1.29 is 0 Å². The van der Waals surface area contributed by atoms with Crippen molar-refractivity contribution in [3.8, 4) is 0 Å². The first-order valence-electron chi connectivity index (χ1n) is 5.81. The standard InChI is InChI=1S/C12H20N2S/c1-10-4-2-3-6-14(10)12(8-13)11-5-7-15-9-11/h5,7,9-10,12H,2-4,6,8,13H2,1H3. The average molecular weight is 224 g/mol. The van der Waals surface area contributed by atoms with Gasteiger partial charge in [-0.2, -0.15) is 11.3 Å². The van der Waals surface area contributed by atoms with Gasteiger partial charge in [-0.05, 0) is 48.7 Å². The summed E-state index contributed by atoms with van der Waals surface area (Å²) in [6, 6.07) is 3.34. The van der Waals surface area contributed by atoms with Crippen LogP contribution < -0.4 is 5.73 Å². The normalized spacial score (nSPS) is 25.3. The van der Waals surface area contributed by atoms with Gasteiger partial charge in [0.1, 0.15) is 0 Å². The third kappa shape index (κ3) is 2.41. The number of likely N-dealkylation sites (tertiary alicyclic amines) is 1. The van der Waals surface area contributed by atoms with E-state index in [9.17, 15) is 0 Å². The molecule has 0 aliphatic carbocycles. The van der Waals surface area contributed by atoms with Crippen LogP contribution in [-0.2, 0) is 0 Å². The second kappa shape index (κ2) is 5.10. The largest absolute Gasteiger partial charge is 0.329 e. The van der Waals surface area contributed by atoms with Gasteiger partial charge in [0.15, 0.2) is 0 Å². The first kappa shape index (κ1) is 11.1. The monoisotopic (exact) mass is 224 g/mol. The van der Waals surface area contributed by atoms with E-state index in [1.54, 1.807) is 11.3 Å². The van der Waals surface area contributed by atoms with Gasteiger partial charge < -0.3 is 5.73 Å². The number of nitrogens with zero attached hydrogens (tertiary/aromatic N) is 1. The van der Waals surface area contributed by atoms with Crippen molar-refractivity contribution in [3.63, 3.8) is 0 Å². The predicted octanol–water partition coefficient (Wildman–Crippen LogP) is 2.62. The minimum atomic E-state index is 0.437. The van der Waals surface area contributed by atoms with Crippen LogP contribution in [0.5, 0.6) is 0 Å². The molecule has 0 bridgehead atoms. The average Bonchev–Trinajstić information content (AvgIpc) is 2.75. The quantitative estimate of drug-likeness (QED) is 0.855. The zero-order valence-corrected chi connectivity index (χ0v) is 10.2. The Morgan fingerprint density at radius 2 is 2.47 bits per heavy atom. The van der Waals surface area contributed by atoms with Crippen LogP contribution in [0.25, 0.3) is 0 Å². The van der Waals surface area contributed by atoms with Gasteiger partial charge in [-0.3, -0.25) is 4.90 Å². The second-order valence-electron chi connectivity index (χ2n) is 4.39. The number of nitrogens with two attached hydrogens (primary N) is 1. The van der Waals surface area contributed by atoms with Crippen LogP contribution in [0.2, 0.25) is 0 Å². The molecule has 2 heterocycles. The van der Waals surface area contributed by atoms with E-state index in [1.807, 2.05) is 0 Å². The van der Waals surface area contributed by atoms with Crippen LogP contribution in [0.1, 0.15) is 37.8 Å². The molecule has 2 nitrogen and oxygen atoms in total. The summed E-state index contributed by atoms with van der Waals surface area (Å²) in [6.07, 6.45) is 4.02. The molecule has 1 aromatic rings. The Morgan fingerprint density at radius 1 is 1.60 bits per heavy atom. The van der Waals surface area contributed by atoms with Crippen LogP contribution in [0.15, 0.2) is 16.8 Å². The molecule has 2 rings (SSSR count). The van der Waals surface area contributed by atoms with Gasteiger partial charge in [-0.15, -0.1) is 0 Å². The second-order valence-corrected chi connectivity index (χ2v) is 5.17. The third-order valence-corrected chi connectivity index (χ3v) is 4.11. The summed E-state index contributed by atoms with van der Waals surface area (Å²) in [6.45, 7) is 4.27. The van der Waals surface area contributed by atoms with E-state index < -0.39 is 0 Å². The lowest BCUT2D eigenvalue weighted by atomic mass is 9.99. The Hall–Kier alpha value is -0.380. The Kier molecular flexibility index (Phi) is 3.78. The maximum absolute atomic E-state index is 5.92. The predicted molar refractivity (Wildman–Crippen MR) is 66.1 cm³/mol. The lowest BCUT2D eigenvalue weighted by Crippen LogP contribution is -2.42. The molecule has 3 heteroatoms. The van der Waals surface area contributed by atoms with Gasteiger partial charge in [0.2, 0.25) is 0 Å². The van der Waals surface area contributed by atoms with Crippen LogP contribution >= 0.6 is 11.3 Å². The fraction of sp³-hybridized carbons (Fsp3) is 0.667. The highest BCUT2D eigenvalue weighted by Gasteiger charge is 2.26. The molecule has 0 radical (unpaired) electrons. The Labute approximate surface area is 96.1 Å². The van der Waals surface area contributed by atoms with Gasteiger partial charge in [-0.25, -0.2) is 0 Å². The summed E-state index contributed by atoms with van der Waals surface area (Å²) in [4.78, 5) is 2.57. The lowest BCUT2D eigenvalue weighted by Gasteiger charge is -2.39. The minimum absolute atomic E-state index is 0.437. The van der Waals surface area contributed by atoms with Crippen molar-refractivity contribution >= 4 is 11.3 Å². The molecule has 2 N–H and O–H groups in total. The Bertz CT molecular complexity index is 284. The fourth-order valence-electron chi connectivity index (χ4n) is 2.51. The number of piperidine rings is 1. The van der Waals surface area contributed by atoms with Crippen molar-refractivity contribution in [2.24, 2.45) is 5.73 Å². The Morgan fingerprint density at radius 3 is 3.07 bits per heavy atom. The van der Waals surface area contributed by atoms with Crippen LogP contribution in [-0.4, -0.2) is 24.0 Å². The molecular weight excluding hydrogens is 204 g/mol. The molecule has 84 valence electrons. The number of hydrogen-bond acceptors (Lipinski definition) is 3. The molecule has 1 aromatic heterocycles.